The molecule has 0 N–H and O–H groups in total. The van der Waals surface area contributed by atoms with E-state index in [1.807, 2.05) is 0 Å². The van der Waals surface area contributed by atoms with E-state index in [9.17, 15) is 4.79 Å². The van der Waals surface area contributed by atoms with Crippen LogP contribution in [0.25, 0.3) is 0 Å². The van der Waals surface area contributed by atoms with Gasteiger partial charge >= 0.3 is 0 Å². The zero-order valence-corrected chi connectivity index (χ0v) is 17.1. The van der Waals surface area contributed by atoms with E-state index in [4.69, 9.17) is 9.47 Å². The highest BCUT2D eigenvalue weighted by molar-refractivity contribution is 5.99. The van der Waals surface area contributed by atoms with Gasteiger partial charge in [0.05, 0.1) is 26.4 Å². The molecule has 0 atom stereocenters. The number of carbonyl (C=O) groups is 1. The van der Waals surface area contributed by atoms with Gasteiger partial charge in [-0.05, 0) is 43.3 Å². The Morgan fingerprint density at radius 3 is 2.07 bits per heavy atom. The van der Waals surface area contributed by atoms with Crippen LogP contribution in [0.3, 0.4) is 0 Å². The third-order valence-electron chi connectivity index (χ3n) is 5.90. The van der Waals surface area contributed by atoms with Crippen molar-refractivity contribution in [2.75, 3.05) is 52.6 Å². The molecule has 0 spiro atoms. The van der Waals surface area contributed by atoms with E-state index in [-0.39, 0.29) is 11.2 Å². The SMILES string of the molecule is CC1=C(/C=C/C(=O)C=C(N2CCOCC2)N2CCOCC2)C(C)(C)CCC1. The average molecular weight is 375 g/mol. The summed E-state index contributed by atoms with van der Waals surface area (Å²) in [6.45, 7) is 12.9. The van der Waals surface area contributed by atoms with Gasteiger partial charge in [0, 0.05) is 32.3 Å². The van der Waals surface area contributed by atoms with Crippen molar-refractivity contribution in [3.63, 3.8) is 0 Å². The van der Waals surface area contributed by atoms with E-state index in [1.54, 1.807) is 12.2 Å². The van der Waals surface area contributed by atoms with Crippen LogP contribution in [-0.2, 0) is 14.3 Å². The Morgan fingerprint density at radius 2 is 1.56 bits per heavy atom. The lowest BCUT2D eigenvalue weighted by atomic mass is 9.72. The van der Waals surface area contributed by atoms with E-state index in [1.165, 1.54) is 24.0 Å². The van der Waals surface area contributed by atoms with Crippen LogP contribution in [-0.4, -0.2) is 68.2 Å². The molecule has 0 saturated carbocycles. The zero-order valence-electron chi connectivity index (χ0n) is 17.1. The highest BCUT2D eigenvalue weighted by Crippen LogP contribution is 2.40. The summed E-state index contributed by atoms with van der Waals surface area (Å²) in [4.78, 5) is 17.3. The Labute approximate surface area is 163 Å². The monoisotopic (exact) mass is 374 g/mol. The fourth-order valence-corrected chi connectivity index (χ4v) is 4.32. The first-order valence-electron chi connectivity index (χ1n) is 10.3. The third-order valence-corrected chi connectivity index (χ3v) is 5.90. The van der Waals surface area contributed by atoms with Crippen LogP contribution in [0.15, 0.2) is 35.2 Å². The third kappa shape index (κ3) is 5.23. The Kier molecular flexibility index (Phi) is 6.77. The van der Waals surface area contributed by atoms with Crippen LogP contribution in [0.4, 0.5) is 0 Å². The van der Waals surface area contributed by atoms with Crippen molar-refractivity contribution >= 4 is 5.78 Å². The number of hydrogen-bond acceptors (Lipinski definition) is 5. The number of nitrogens with zero attached hydrogens (tertiary/aromatic N) is 2. The van der Waals surface area contributed by atoms with Crippen LogP contribution in [0, 0.1) is 5.41 Å². The molecule has 2 aliphatic heterocycles. The molecule has 2 heterocycles. The summed E-state index contributed by atoms with van der Waals surface area (Å²) in [6.07, 6.45) is 9.18. The van der Waals surface area contributed by atoms with Crippen molar-refractivity contribution in [2.45, 2.75) is 40.0 Å². The van der Waals surface area contributed by atoms with Crippen LogP contribution >= 0.6 is 0 Å². The lowest BCUT2D eigenvalue weighted by Crippen LogP contribution is -2.46. The van der Waals surface area contributed by atoms with Gasteiger partial charge in [0.1, 0.15) is 5.82 Å². The van der Waals surface area contributed by atoms with Crippen molar-refractivity contribution in [3.05, 3.63) is 35.2 Å². The van der Waals surface area contributed by atoms with Crippen LogP contribution in [0.2, 0.25) is 0 Å². The smallest absolute Gasteiger partial charge is 0.182 e. The largest absolute Gasteiger partial charge is 0.378 e. The minimum absolute atomic E-state index is 0.0599. The van der Waals surface area contributed by atoms with Crippen molar-refractivity contribution in [3.8, 4) is 0 Å². The van der Waals surface area contributed by atoms with Gasteiger partial charge in [-0.25, -0.2) is 0 Å². The van der Waals surface area contributed by atoms with Gasteiger partial charge in [-0.15, -0.1) is 0 Å². The van der Waals surface area contributed by atoms with Crippen molar-refractivity contribution < 1.29 is 14.3 Å². The number of allylic oxidation sites excluding steroid dienone is 5. The predicted molar refractivity (Wildman–Crippen MR) is 107 cm³/mol. The number of ketones is 1. The molecule has 0 unspecified atom stereocenters. The number of morpholine rings is 2. The maximum absolute atomic E-state index is 12.8. The van der Waals surface area contributed by atoms with Crippen LogP contribution in [0.1, 0.15) is 40.0 Å². The minimum atomic E-state index is 0.0599. The minimum Gasteiger partial charge on any atom is -0.378 e. The fraction of sp³-hybridized carbons (Fsp3) is 0.682. The normalized spacial score (nSPS) is 23.7. The van der Waals surface area contributed by atoms with Gasteiger partial charge < -0.3 is 19.3 Å². The van der Waals surface area contributed by atoms with Gasteiger partial charge in [0.2, 0.25) is 0 Å². The molecule has 0 aromatic rings. The first-order valence-corrected chi connectivity index (χ1v) is 10.3. The Bertz CT molecular complexity index is 601. The second kappa shape index (κ2) is 9.07. The molecule has 3 aliphatic rings. The van der Waals surface area contributed by atoms with Crippen molar-refractivity contribution in [2.24, 2.45) is 5.41 Å². The van der Waals surface area contributed by atoms with Gasteiger partial charge in [-0.3, -0.25) is 4.79 Å². The molecule has 0 amide bonds. The Hall–Kier alpha value is -1.59. The Balaban J connectivity index is 1.78. The first-order chi connectivity index (χ1) is 13.0. The zero-order chi connectivity index (χ0) is 19.3. The summed E-state index contributed by atoms with van der Waals surface area (Å²) in [5, 5.41) is 0. The highest BCUT2D eigenvalue weighted by Gasteiger charge is 2.27. The number of carbonyl (C=O) groups excluding carboxylic acids is 1. The van der Waals surface area contributed by atoms with Crippen molar-refractivity contribution in [1.29, 1.82) is 0 Å². The number of ether oxygens (including phenoxy) is 2. The lowest BCUT2D eigenvalue weighted by Gasteiger charge is -2.39. The molecule has 3 rings (SSSR count). The predicted octanol–water partition coefficient (Wildman–Crippen LogP) is 3.14. The molecule has 5 nitrogen and oxygen atoms in total. The second-order valence-corrected chi connectivity index (χ2v) is 8.37. The van der Waals surface area contributed by atoms with E-state index in [0.717, 1.165) is 38.4 Å². The second-order valence-electron chi connectivity index (χ2n) is 8.37. The summed E-state index contributed by atoms with van der Waals surface area (Å²) in [5.41, 5.74) is 2.90. The van der Waals surface area contributed by atoms with Crippen LogP contribution in [0.5, 0.6) is 0 Å². The van der Waals surface area contributed by atoms with Gasteiger partial charge in [0.15, 0.2) is 5.78 Å². The fourth-order valence-electron chi connectivity index (χ4n) is 4.32. The summed E-state index contributed by atoms with van der Waals surface area (Å²) in [5.74, 6) is 1.08. The summed E-state index contributed by atoms with van der Waals surface area (Å²) >= 11 is 0. The molecule has 5 heteroatoms. The molecule has 0 aromatic carbocycles. The molecule has 150 valence electrons. The van der Waals surface area contributed by atoms with E-state index >= 15 is 0 Å². The summed E-state index contributed by atoms with van der Waals surface area (Å²) in [6, 6.07) is 0. The average Bonchev–Trinajstić information content (AvgIpc) is 2.66. The molecule has 0 aromatic heterocycles. The van der Waals surface area contributed by atoms with E-state index in [0.29, 0.717) is 26.4 Å². The van der Waals surface area contributed by atoms with Gasteiger partial charge in [-0.2, -0.15) is 0 Å². The molecule has 1 aliphatic carbocycles. The maximum atomic E-state index is 12.8. The Morgan fingerprint density at radius 1 is 1.00 bits per heavy atom. The molecular formula is C22H34N2O3. The van der Waals surface area contributed by atoms with Gasteiger partial charge in [0.25, 0.3) is 0 Å². The molecule has 2 saturated heterocycles. The van der Waals surface area contributed by atoms with Crippen molar-refractivity contribution in [1.82, 2.24) is 9.80 Å². The summed E-state index contributed by atoms with van der Waals surface area (Å²) < 4.78 is 11.0. The van der Waals surface area contributed by atoms with E-state index < -0.39 is 0 Å². The lowest BCUT2D eigenvalue weighted by molar-refractivity contribution is -0.110. The highest BCUT2D eigenvalue weighted by atomic mass is 16.5. The topological polar surface area (TPSA) is 42.0 Å². The van der Waals surface area contributed by atoms with Gasteiger partial charge in [-0.1, -0.05) is 25.5 Å². The quantitative estimate of drug-likeness (QED) is 0.692. The molecule has 2 fully saturated rings. The molecule has 27 heavy (non-hydrogen) atoms. The van der Waals surface area contributed by atoms with Crippen LogP contribution < -0.4 is 0 Å². The number of hydrogen-bond donors (Lipinski definition) is 0. The first kappa shape index (κ1) is 20.2. The molecule has 0 radical (unpaired) electrons. The number of rotatable bonds is 5. The molecular weight excluding hydrogens is 340 g/mol. The maximum Gasteiger partial charge on any atom is 0.182 e. The standard InChI is InChI=1S/C22H34N2O3/c1-18-5-4-8-22(2,3)20(18)7-6-19(25)17-21(23-9-13-26-14-10-23)24-11-15-27-16-12-24/h6-7,17H,4-5,8-16H2,1-3H3/b7-6+. The summed E-state index contributed by atoms with van der Waals surface area (Å²) in [7, 11) is 0. The van der Waals surface area contributed by atoms with E-state index in [2.05, 4.69) is 36.6 Å². The molecule has 0 bridgehead atoms.